The fourth-order valence-corrected chi connectivity index (χ4v) is 2.02. The Hall–Kier alpha value is -1.77. The van der Waals surface area contributed by atoms with Crippen LogP contribution in [-0.4, -0.2) is 16.6 Å². The van der Waals surface area contributed by atoms with Crippen LogP contribution in [0, 0.1) is 0 Å². The van der Waals surface area contributed by atoms with Crippen molar-refractivity contribution in [2.45, 2.75) is 39.8 Å². The number of nitrogens with zero attached hydrogens (tertiary/aromatic N) is 1. The summed E-state index contributed by atoms with van der Waals surface area (Å²) in [5.74, 6) is -0.260. The molecule has 2 aromatic rings. The predicted octanol–water partition coefficient (Wildman–Crippen LogP) is 3.79. The molecule has 0 saturated heterocycles. The highest BCUT2D eigenvalue weighted by Gasteiger charge is 2.11. The summed E-state index contributed by atoms with van der Waals surface area (Å²) in [7, 11) is 0. The molecule has 1 aromatic carbocycles. The SMILES string of the molecule is CC(C)OC(=O)c1ccc2c(ccn2C(C)C)c1. The minimum atomic E-state index is -0.260. The van der Waals surface area contributed by atoms with Gasteiger partial charge in [0.05, 0.1) is 11.7 Å². The van der Waals surface area contributed by atoms with Crippen LogP contribution in [-0.2, 0) is 4.74 Å². The molecular formula is C15H19NO2. The van der Waals surface area contributed by atoms with Crippen molar-refractivity contribution in [1.82, 2.24) is 4.57 Å². The van der Waals surface area contributed by atoms with Gasteiger partial charge in [-0.05, 0) is 52.0 Å². The molecule has 0 unspecified atom stereocenters. The lowest BCUT2D eigenvalue weighted by Gasteiger charge is -2.10. The molecule has 0 spiro atoms. The molecule has 18 heavy (non-hydrogen) atoms. The first-order valence-electron chi connectivity index (χ1n) is 6.30. The van der Waals surface area contributed by atoms with Gasteiger partial charge < -0.3 is 9.30 Å². The van der Waals surface area contributed by atoms with Crippen LogP contribution in [0.3, 0.4) is 0 Å². The first-order valence-corrected chi connectivity index (χ1v) is 6.30. The minimum Gasteiger partial charge on any atom is -0.459 e. The fraction of sp³-hybridized carbons (Fsp3) is 0.400. The number of esters is 1. The largest absolute Gasteiger partial charge is 0.459 e. The van der Waals surface area contributed by atoms with Crippen LogP contribution in [0.25, 0.3) is 10.9 Å². The van der Waals surface area contributed by atoms with Crippen molar-refractivity contribution >= 4 is 16.9 Å². The lowest BCUT2D eigenvalue weighted by atomic mass is 10.1. The van der Waals surface area contributed by atoms with E-state index in [-0.39, 0.29) is 12.1 Å². The van der Waals surface area contributed by atoms with E-state index in [1.165, 1.54) is 0 Å². The van der Waals surface area contributed by atoms with E-state index in [1.807, 2.05) is 44.3 Å². The molecule has 1 heterocycles. The summed E-state index contributed by atoms with van der Waals surface area (Å²) in [5, 5.41) is 1.07. The minimum absolute atomic E-state index is 0.0894. The summed E-state index contributed by atoms with van der Waals surface area (Å²) in [6.45, 7) is 7.98. The molecule has 0 atom stereocenters. The summed E-state index contributed by atoms with van der Waals surface area (Å²) < 4.78 is 7.38. The van der Waals surface area contributed by atoms with Crippen molar-refractivity contribution < 1.29 is 9.53 Å². The normalized spacial score (nSPS) is 11.4. The van der Waals surface area contributed by atoms with Crippen molar-refractivity contribution in [2.75, 3.05) is 0 Å². The van der Waals surface area contributed by atoms with Crippen LogP contribution in [0.5, 0.6) is 0 Å². The van der Waals surface area contributed by atoms with E-state index >= 15 is 0 Å². The van der Waals surface area contributed by atoms with Crippen molar-refractivity contribution in [3.05, 3.63) is 36.0 Å². The zero-order valence-corrected chi connectivity index (χ0v) is 11.3. The topological polar surface area (TPSA) is 31.2 Å². The van der Waals surface area contributed by atoms with Crippen LogP contribution >= 0.6 is 0 Å². The molecule has 3 nitrogen and oxygen atoms in total. The third kappa shape index (κ3) is 2.40. The summed E-state index contributed by atoms with van der Waals surface area (Å²) >= 11 is 0. The Balaban J connectivity index is 2.37. The smallest absolute Gasteiger partial charge is 0.338 e. The second kappa shape index (κ2) is 4.84. The van der Waals surface area contributed by atoms with Crippen molar-refractivity contribution in [2.24, 2.45) is 0 Å². The highest BCUT2D eigenvalue weighted by Crippen LogP contribution is 2.21. The molecule has 0 aliphatic rings. The monoisotopic (exact) mass is 245 g/mol. The Labute approximate surface area is 107 Å². The molecule has 0 saturated carbocycles. The van der Waals surface area contributed by atoms with Gasteiger partial charge in [0.1, 0.15) is 0 Å². The van der Waals surface area contributed by atoms with Gasteiger partial charge in [-0.25, -0.2) is 4.79 Å². The number of carbonyl (C=O) groups is 1. The molecule has 0 radical (unpaired) electrons. The zero-order chi connectivity index (χ0) is 13.3. The molecule has 0 fully saturated rings. The zero-order valence-electron chi connectivity index (χ0n) is 11.3. The lowest BCUT2D eigenvalue weighted by molar-refractivity contribution is 0.0378. The van der Waals surface area contributed by atoms with E-state index in [9.17, 15) is 4.79 Å². The lowest BCUT2D eigenvalue weighted by Crippen LogP contribution is -2.11. The van der Waals surface area contributed by atoms with E-state index in [0.717, 1.165) is 10.9 Å². The molecule has 96 valence electrons. The summed E-state index contributed by atoms with van der Waals surface area (Å²) in [5.41, 5.74) is 1.75. The van der Waals surface area contributed by atoms with Gasteiger partial charge in [-0.15, -0.1) is 0 Å². The Morgan fingerprint density at radius 2 is 1.89 bits per heavy atom. The van der Waals surface area contributed by atoms with E-state index in [0.29, 0.717) is 11.6 Å². The number of hydrogen-bond donors (Lipinski definition) is 0. The van der Waals surface area contributed by atoms with Gasteiger partial charge >= 0.3 is 5.97 Å². The van der Waals surface area contributed by atoms with Crippen LogP contribution in [0.15, 0.2) is 30.5 Å². The maximum Gasteiger partial charge on any atom is 0.338 e. The second-order valence-electron chi connectivity index (χ2n) is 5.04. The van der Waals surface area contributed by atoms with E-state index in [2.05, 4.69) is 18.4 Å². The van der Waals surface area contributed by atoms with Gasteiger partial charge in [-0.3, -0.25) is 0 Å². The van der Waals surface area contributed by atoms with Crippen LogP contribution in [0.4, 0.5) is 0 Å². The Morgan fingerprint density at radius 1 is 1.17 bits per heavy atom. The van der Waals surface area contributed by atoms with E-state index in [1.54, 1.807) is 0 Å². The van der Waals surface area contributed by atoms with Crippen LogP contribution < -0.4 is 0 Å². The molecule has 3 heteroatoms. The molecule has 0 amide bonds. The summed E-state index contributed by atoms with van der Waals surface area (Å²) in [6.07, 6.45) is 1.96. The number of fused-ring (bicyclic) bond motifs is 1. The molecule has 0 N–H and O–H groups in total. The average molecular weight is 245 g/mol. The van der Waals surface area contributed by atoms with Gasteiger partial charge in [-0.2, -0.15) is 0 Å². The van der Waals surface area contributed by atoms with E-state index in [4.69, 9.17) is 4.74 Å². The quantitative estimate of drug-likeness (QED) is 0.770. The van der Waals surface area contributed by atoms with Gasteiger partial charge in [0.25, 0.3) is 0 Å². The highest BCUT2D eigenvalue weighted by molar-refractivity contribution is 5.94. The van der Waals surface area contributed by atoms with Crippen molar-refractivity contribution in [3.63, 3.8) is 0 Å². The number of benzene rings is 1. The molecular weight excluding hydrogens is 226 g/mol. The van der Waals surface area contributed by atoms with Gasteiger partial charge in [0.2, 0.25) is 0 Å². The number of hydrogen-bond acceptors (Lipinski definition) is 2. The third-order valence-corrected chi connectivity index (χ3v) is 2.86. The first kappa shape index (κ1) is 12.7. The Morgan fingerprint density at radius 3 is 2.50 bits per heavy atom. The number of ether oxygens (including phenoxy) is 1. The Kier molecular flexibility index (Phi) is 3.41. The number of carbonyl (C=O) groups excluding carboxylic acids is 1. The average Bonchev–Trinajstić information content (AvgIpc) is 2.70. The standard InChI is InChI=1S/C15H19NO2/c1-10(2)16-8-7-12-9-13(5-6-14(12)16)15(17)18-11(3)4/h5-11H,1-4H3. The number of aromatic nitrogens is 1. The molecule has 0 aliphatic heterocycles. The molecule has 1 aromatic heterocycles. The second-order valence-corrected chi connectivity index (χ2v) is 5.04. The van der Waals surface area contributed by atoms with Gasteiger partial charge in [0.15, 0.2) is 0 Å². The Bertz CT molecular complexity index is 567. The fourth-order valence-electron chi connectivity index (χ4n) is 2.02. The molecule has 2 rings (SSSR count). The van der Waals surface area contributed by atoms with Crippen LogP contribution in [0.1, 0.15) is 44.1 Å². The third-order valence-electron chi connectivity index (χ3n) is 2.86. The van der Waals surface area contributed by atoms with Crippen LogP contribution in [0.2, 0.25) is 0 Å². The predicted molar refractivity (Wildman–Crippen MR) is 72.9 cm³/mol. The van der Waals surface area contributed by atoms with Gasteiger partial charge in [-0.1, -0.05) is 0 Å². The van der Waals surface area contributed by atoms with Crippen molar-refractivity contribution in [1.29, 1.82) is 0 Å². The maximum atomic E-state index is 11.8. The maximum absolute atomic E-state index is 11.8. The summed E-state index contributed by atoms with van der Waals surface area (Å²) in [4.78, 5) is 11.8. The van der Waals surface area contributed by atoms with Crippen molar-refractivity contribution in [3.8, 4) is 0 Å². The first-order chi connectivity index (χ1) is 8.49. The summed E-state index contributed by atoms with van der Waals surface area (Å²) in [6, 6.07) is 8.13. The molecule has 0 bridgehead atoms. The number of rotatable bonds is 3. The van der Waals surface area contributed by atoms with Gasteiger partial charge in [0, 0.05) is 23.1 Å². The molecule has 0 aliphatic carbocycles. The van der Waals surface area contributed by atoms with E-state index < -0.39 is 0 Å². The highest BCUT2D eigenvalue weighted by atomic mass is 16.5.